The molecule has 0 atom stereocenters. The maximum absolute atomic E-state index is 12.8. The zero-order valence-electron chi connectivity index (χ0n) is 10.3. The number of hydrogen-bond acceptors (Lipinski definition) is 4. The number of rotatable bonds is 3. The molecule has 3 N–H and O–H groups in total. The van der Waals surface area contributed by atoms with Crippen LogP contribution in [0.15, 0.2) is 42.5 Å². The Hall–Kier alpha value is -2.56. The number of nitrogen functional groups attached to an aromatic ring is 1. The Bertz CT molecular complexity index is 597. The van der Waals surface area contributed by atoms with Crippen molar-refractivity contribution < 1.29 is 13.9 Å². The molecule has 19 heavy (non-hydrogen) atoms. The van der Waals surface area contributed by atoms with E-state index in [4.69, 9.17) is 5.73 Å². The van der Waals surface area contributed by atoms with Crippen molar-refractivity contribution >= 4 is 23.0 Å². The van der Waals surface area contributed by atoms with Gasteiger partial charge in [0.2, 0.25) is 0 Å². The number of methoxy groups -OCH3 is 1. The summed E-state index contributed by atoms with van der Waals surface area (Å²) in [6.45, 7) is 0. The van der Waals surface area contributed by atoms with Crippen molar-refractivity contribution in [3.8, 4) is 0 Å². The van der Waals surface area contributed by atoms with Crippen LogP contribution in [0.5, 0.6) is 0 Å². The van der Waals surface area contributed by atoms with Gasteiger partial charge >= 0.3 is 5.97 Å². The van der Waals surface area contributed by atoms with Crippen molar-refractivity contribution in [2.24, 2.45) is 0 Å². The number of ether oxygens (including phenoxy) is 1. The molecule has 2 aromatic rings. The van der Waals surface area contributed by atoms with Gasteiger partial charge in [-0.2, -0.15) is 0 Å². The van der Waals surface area contributed by atoms with Crippen LogP contribution in [0.4, 0.5) is 21.5 Å². The largest absolute Gasteiger partial charge is 0.465 e. The molecule has 0 unspecified atom stereocenters. The van der Waals surface area contributed by atoms with Gasteiger partial charge in [-0.15, -0.1) is 0 Å². The second-order valence-electron chi connectivity index (χ2n) is 3.89. The molecule has 0 bridgehead atoms. The second kappa shape index (κ2) is 5.39. The summed E-state index contributed by atoms with van der Waals surface area (Å²) in [5, 5.41) is 3.02. The van der Waals surface area contributed by atoms with Crippen LogP contribution >= 0.6 is 0 Å². The molecule has 2 aromatic carbocycles. The molecule has 0 saturated carbocycles. The number of nitrogens with two attached hydrogens (primary N) is 1. The zero-order chi connectivity index (χ0) is 13.8. The summed E-state index contributed by atoms with van der Waals surface area (Å²) < 4.78 is 17.4. The van der Waals surface area contributed by atoms with E-state index in [-0.39, 0.29) is 11.4 Å². The molecule has 0 radical (unpaired) electrons. The number of esters is 1. The summed E-state index contributed by atoms with van der Waals surface area (Å²) in [6.07, 6.45) is 0. The van der Waals surface area contributed by atoms with Crippen molar-refractivity contribution in [3.63, 3.8) is 0 Å². The standard InChI is InChI=1S/C14H13FN2O2/c1-19-14(18)11-3-2-4-12(13(11)16)17-10-7-5-9(15)6-8-10/h2-8,17H,16H2,1H3. The number of hydrogen-bond donors (Lipinski definition) is 2. The highest BCUT2D eigenvalue weighted by molar-refractivity contribution is 5.98. The smallest absolute Gasteiger partial charge is 0.340 e. The lowest BCUT2D eigenvalue weighted by atomic mass is 10.1. The predicted molar refractivity (Wildman–Crippen MR) is 71.9 cm³/mol. The van der Waals surface area contributed by atoms with Gasteiger partial charge in [-0.25, -0.2) is 9.18 Å². The Labute approximate surface area is 110 Å². The summed E-state index contributed by atoms with van der Waals surface area (Å²) in [6, 6.07) is 10.8. The number of carbonyl (C=O) groups is 1. The molecule has 98 valence electrons. The fourth-order valence-electron chi connectivity index (χ4n) is 1.65. The summed E-state index contributed by atoms with van der Waals surface area (Å²) in [5.41, 5.74) is 7.72. The van der Waals surface area contributed by atoms with E-state index in [1.807, 2.05) is 0 Å². The van der Waals surface area contributed by atoms with E-state index >= 15 is 0 Å². The molecule has 0 saturated heterocycles. The van der Waals surface area contributed by atoms with Crippen LogP contribution in [-0.4, -0.2) is 13.1 Å². The van der Waals surface area contributed by atoms with Gasteiger partial charge in [0.1, 0.15) is 5.82 Å². The fraction of sp³-hybridized carbons (Fsp3) is 0.0714. The molecule has 0 aliphatic rings. The first-order chi connectivity index (χ1) is 9.11. The number of nitrogens with one attached hydrogen (secondary N) is 1. The fourth-order valence-corrected chi connectivity index (χ4v) is 1.65. The molecule has 0 fully saturated rings. The number of carbonyl (C=O) groups excluding carboxylic acids is 1. The molecule has 0 aromatic heterocycles. The van der Waals surface area contributed by atoms with Gasteiger partial charge in [-0.3, -0.25) is 0 Å². The van der Waals surface area contributed by atoms with Crippen LogP contribution < -0.4 is 11.1 Å². The molecule has 4 nitrogen and oxygen atoms in total. The van der Waals surface area contributed by atoms with E-state index in [0.717, 1.165) is 0 Å². The summed E-state index contributed by atoms with van der Waals surface area (Å²) in [4.78, 5) is 11.5. The predicted octanol–water partition coefficient (Wildman–Crippen LogP) is 2.94. The van der Waals surface area contributed by atoms with Gasteiger partial charge in [-0.1, -0.05) is 6.07 Å². The van der Waals surface area contributed by atoms with Crippen LogP contribution in [0.2, 0.25) is 0 Å². The van der Waals surface area contributed by atoms with Crippen molar-refractivity contribution in [2.75, 3.05) is 18.2 Å². The maximum Gasteiger partial charge on any atom is 0.340 e. The lowest BCUT2D eigenvalue weighted by Crippen LogP contribution is -2.07. The minimum absolute atomic E-state index is 0.287. The van der Waals surface area contributed by atoms with Crippen molar-refractivity contribution in [2.45, 2.75) is 0 Å². The molecular weight excluding hydrogens is 247 g/mol. The first kappa shape index (κ1) is 12.9. The SMILES string of the molecule is COC(=O)c1cccc(Nc2ccc(F)cc2)c1N. The molecule has 0 aliphatic carbocycles. The van der Waals surface area contributed by atoms with Gasteiger partial charge < -0.3 is 15.8 Å². The van der Waals surface area contributed by atoms with Crippen LogP contribution in [0, 0.1) is 5.82 Å². The molecule has 0 heterocycles. The number of anilines is 3. The van der Waals surface area contributed by atoms with Crippen LogP contribution in [-0.2, 0) is 4.74 Å². The van der Waals surface area contributed by atoms with Gasteiger partial charge in [0.05, 0.1) is 24.0 Å². The quantitative estimate of drug-likeness (QED) is 0.658. The van der Waals surface area contributed by atoms with Gasteiger partial charge in [-0.05, 0) is 36.4 Å². The summed E-state index contributed by atoms with van der Waals surface area (Å²) in [7, 11) is 1.29. The molecule has 2 rings (SSSR count). The van der Waals surface area contributed by atoms with Crippen LogP contribution in [0.25, 0.3) is 0 Å². The third kappa shape index (κ3) is 2.82. The lowest BCUT2D eigenvalue weighted by Gasteiger charge is -2.11. The molecular formula is C14H13FN2O2. The highest BCUT2D eigenvalue weighted by Crippen LogP contribution is 2.26. The van der Waals surface area contributed by atoms with E-state index in [0.29, 0.717) is 17.1 Å². The Balaban J connectivity index is 2.30. The van der Waals surface area contributed by atoms with E-state index < -0.39 is 5.97 Å². The van der Waals surface area contributed by atoms with E-state index in [9.17, 15) is 9.18 Å². The summed E-state index contributed by atoms with van der Waals surface area (Å²) in [5.74, 6) is -0.818. The third-order valence-corrected chi connectivity index (χ3v) is 2.63. The Kier molecular flexibility index (Phi) is 3.66. The topological polar surface area (TPSA) is 64.3 Å². The Morgan fingerprint density at radius 1 is 1.21 bits per heavy atom. The molecule has 0 aliphatic heterocycles. The maximum atomic E-state index is 12.8. The normalized spacial score (nSPS) is 10.0. The highest BCUT2D eigenvalue weighted by atomic mass is 19.1. The van der Waals surface area contributed by atoms with Crippen molar-refractivity contribution in [1.29, 1.82) is 0 Å². The number of benzene rings is 2. The zero-order valence-corrected chi connectivity index (χ0v) is 10.3. The van der Waals surface area contributed by atoms with Gasteiger partial charge in [0.15, 0.2) is 0 Å². The van der Waals surface area contributed by atoms with Gasteiger partial charge in [0, 0.05) is 5.69 Å². The minimum atomic E-state index is -0.500. The monoisotopic (exact) mass is 260 g/mol. The van der Waals surface area contributed by atoms with Crippen molar-refractivity contribution in [1.82, 2.24) is 0 Å². The number of para-hydroxylation sites is 1. The Morgan fingerprint density at radius 2 is 1.89 bits per heavy atom. The average molecular weight is 260 g/mol. The van der Waals surface area contributed by atoms with Crippen LogP contribution in [0.3, 0.4) is 0 Å². The third-order valence-electron chi connectivity index (χ3n) is 2.63. The van der Waals surface area contributed by atoms with E-state index in [2.05, 4.69) is 10.1 Å². The number of halogens is 1. The van der Waals surface area contributed by atoms with E-state index in [1.165, 1.54) is 19.2 Å². The Morgan fingerprint density at radius 3 is 2.53 bits per heavy atom. The molecule has 5 heteroatoms. The summed E-state index contributed by atoms with van der Waals surface area (Å²) >= 11 is 0. The average Bonchev–Trinajstić information content (AvgIpc) is 2.43. The van der Waals surface area contributed by atoms with E-state index in [1.54, 1.807) is 30.3 Å². The second-order valence-corrected chi connectivity index (χ2v) is 3.89. The highest BCUT2D eigenvalue weighted by Gasteiger charge is 2.12. The molecule has 0 spiro atoms. The minimum Gasteiger partial charge on any atom is -0.465 e. The van der Waals surface area contributed by atoms with Crippen molar-refractivity contribution in [3.05, 3.63) is 53.8 Å². The first-order valence-corrected chi connectivity index (χ1v) is 5.61. The molecule has 0 amide bonds. The van der Waals surface area contributed by atoms with Crippen LogP contribution in [0.1, 0.15) is 10.4 Å². The van der Waals surface area contributed by atoms with Gasteiger partial charge in [0.25, 0.3) is 0 Å². The first-order valence-electron chi connectivity index (χ1n) is 5.61. The lowest BCUT2D eigenvalue weighted by molar-refractivity contribution is 0.0602.